The second kappa shape index (κ2) is 5.15. The van der Waals surface area contributed by atoms with Gasteiger partial charge in [-0.3, -0.25) is 4.98 Å². The monoisotopic (exact) mass is 292 g/mol. The summed E-state index contributed by atoms with van der Waals surface area (Å²) in [6, 6.07) is 9.31. The third kappa shape index (κ3) is 2.78. The molecule has 5 heteroatoms. The molecule has 2 aromatic rings. The van der Waals surface area contributed by atoms with Crippen LogP contribution in [0.1, 0.15) is 35.3 Å². The highest BCUT2D eigenvalue weighted by Gasteiger charge is 2.31. The van der Waals surface area contributed by atoms with Gasteiger partial charge in [0.05, 0.1) is 17.3 Å². The standard InChI is InChI=1S/C16H15F3N2/c1-10-9-12-3-2-8-20-14(12)15(21-10)11-4-6-13(7-5-11)16(17,18)19/h2-8,10,15,21H,9H2,1H3. The van der Waals surface area contributed by atoms with E-state index >= 15 is 0 Å². The number of benzene rings is 1. The van der Waals surface area contributed by atoms with E-state index in [-0.39, 0.29) is 12.1 Å². The van der Waals surface area contributed by atoms with Crippen molar-refractivity contribution in [3.05, 3.63) is 65.0 Å². The lowest BCUT2D eigenvalue weighted by atomic mass is 9.91. The Morgan fingerprint density at radius 1 is 1.14 bits per heavy atom. The fraction of sp³-hybridized carbons (Fsp3) is 0.312. The van der Waals surface area contributed by atoms with Gasteiger partial charge in [-0.2, -0.15) is 13.2 Å². The number of halogens is 3. The number of pyridine rings is 1. The van der Waals surface area contributed by atoms with Gasteiger partial charge in [-0.25, -0.2) is 0 Å². The molecule has 0 aliphatic carbocycles. The molecule has 0 saturated carbocycles. The summed E-state index contributed by atoms with van der Waals surface area (Å²) in [7, 11) is 0. The lowest BCUT2D eigenvalue weighted by molar-refractivity contribution is -0.137. The predicted octanol–water partition coefficient (Wildman–Crippen LogP) is 3.72. The van der Waals surface area contributed by atoms with E-state index in [0.29, 0.717) is 0 Å². The van der Waals surface area contributed by atoms with Crippen molar-refractivity contribution in [2.75, 3.05) is 0 Å². The average molecular weight is 292 g/mol. The van der Waals surface area contributed by atoms with Gasteiger partial charge in [0, 0.05) is 12.2 Å². The van der Waals surface area contributed by atoms with Gasteiger partial charge >= 0.3 is 6.18 Å². The number of rotatable bonds is 1. The maximum absolute atomic E-state index is 12.6. The lowest BCUT2D eigenvalue weighted by Crippen LogP contribution is -2.38. The van der Waals surface area contributed by atoms with Crippen molar-refractivity contribution in [3.63, 3.8) is 0 Å². The van der Waals surface area contributed by atoms with Gasteiger partial charge in [-0.05, 0) is 42.7 Å². The van der Waals surface area contributed by atoms with Crippen LogP contribution >= 0.6 is 0 Å². The maximum Gasteiger partial charge on any atom is 0.416 e. The highest BCUT2D eigenvalue weighted by atomic mass is 19.4. The molecule has 1 aliphatic heterocycles. The number of fused-ring (bicyclic) bond motifs is 1. The molecule has 1 aromatic heterocycles. The molecule has 1 N–H and O–H groups in total. The second-order valence-electron chi connectivity index (χ2n) is 5.37. The number of nitrogens with zero attached hydrogens (tertiary/aromatic N) is 1. The molecule has 1 aromatic carbocycles. The van der Waals surface area contributed by atoms with Crippen LogP contribution in [-0.4, -0.2) is 11.0 Å². The number of aromatic nitrogens is 1. The van der Waals surface area contributed by atoms with Crippen molar-refractivity contribution in [1.82, 2.24) is 10.3 Å². The predicted molar refractivity (Wildman–Crippen MR) is 73.8 cm³/mol. The number of hydrogen-bond acceptors (Lipinski definition) is 2. The van der Waals surface area contributed by atoms with E-state index < -0.39 is 11.7 Å². The zero-order valence-corrected chi connectivity index (χ0v) is 11.5. The number of nitrogens with one attached hydrogen (secondary N) is 1. The minimum absolute atomic E-state index is 0.160. The quantitative estimate of drug-likeness (QED) is 0.866. The van der Waals surface area contributed by atoms with Crippen molar-refractivity contribution in [3.8, 4) is 0 Å². The van der Waals surface area contributed by atoms with E-state index in [4.69, 9.17) is 0 Å². The summed E-state index contributed by atoms with van der Waals surface area (Å²) in [5, 5.41) is 3.40. The van der Waals surface area contributed by atoms with Gasteiger partial charge in [0.2, 0.25) is 0 Å². The normalized spacial score (nSPS) is 21.9. The minimum atomic E-state index is -4.30. The largest absolute Gasteiger partial charge is 0.416 e. The van der Waals surface area contributed by atoms with E-state index in [2.05, 4.69) is 17.2 Å². The van der Waals surface area contributed by atoms with Crippen LogP contribution in [0.5, 0.6) is 0 Å². The van der Waals surface area contributed by atoms with E-state index in [9.17, 15) is 13.2 Å². The zero-order chi connectivity index (χ0) is 15.0. The Bertz CT molecular complexity index is 635. The molecule has 2 nitrogen and oxygen atoms in total. The molecule has 3 rings (SSSR count). The third-order valence-electron chi connectivity index (χ3n) is 3.75. The SMILES string of the molecule is CC1Cc2cccnc2C(c2ccc(C(F)(F)F)cc2)N1. The molecular formula is C16H15F3N2. The molecule has 21 heavy (non-hydrogen) atoms. The van der Waals surface area contributed by atoms with E-state index in [1.165, 1.54) is 12.1 Å². The maximum atomic E-state index is 12.6. The third-order valence-corrected chi connectivity index (χ3v) is 3.75. The Balaban J connectivity index is 1.97. The molecule has 2 heterocycles. The molecule has 0 spiro atoms. The van der Waals surface area contributed by atoms with Gasteiger partial charge in [-0.1, -0.05) is 18.2 Å². The molecule has 0 fully saturated rings. The molecule has 0 bridgehead atoms. The summed E-state index contributed by atoms with van der Waals surface area (Å²) in [6.45, 7) is 2.06. The fourth-order valence-corrected chi connectivity index (χ4v) is 2.75. The van der Waals surface area contributed by atoms with E-state index in [0.717, 1.165) is 35.4 Å². The minimum Gasteiger partial charge on any atom is -0.302 e. The van der Waals surface area contributed by atoms with Crippen LogP contribution in [0.25, 0.3) is 0 Å². The van der Waals surface area contributed by atoms with Crippen LogP contribution in [0.2, 0.25) is 0 Å². The molecule has 1 aliphatic rings. The smallest absolute Gasteiger partial charge is 0.302 e. The molecule has 110 valence electrons. The summed E-state index contributed by atoms with van der Waals surface area (Å²) in [4.78, 5) is 4.40. The van der Waals surface area contributed by atoms with Crippen LogP contribution < -0.4 is 5.32 Å². The molecule has 0 radical (unpaired) electrons. The van der Waals surface area contributed by atoms with Gasteiger partial charge in [0.1, 0.15) is 0 Å². The Morgan fingerprint density at radius 2 is 1.86 bits per heavy atom. The molecule has 0 amide bonds. The van der Waals surface area contributed by atoms with Crippen LogP contribution in [0.3, 0.4) is 0 Å². The van der Waals surface area contributed by atoms with Crippen molar-refractivity contribution in [2.45, 2.75) is 31.6 Å². The van der Waals surface area contributed by atoms with Crippen molar-refractivity contribution < 1.29 is 13.2 Å². The Morgan fingerprint density at radius 3 is 2.52 bits per heavy atom. The van der Waals surface area contributed by atoms with Gasteiger partial charge < -0.3 is 5.32 Å². The van der Waals surface area contributed by atoms with E-state index in [1.807, 2.05) is 12.1 Å². The fourth-order valence-electron chi connectivity index (χ4n) is 2.75. The van der Waals surface area contributed by atoms with Gasteiger partial charge in [0.15, 0.2) is 0 Å². The zero-order valence-electron chi connectivity index (χ0n) is 11.5. The summed E-state index contributed by atoms with van der Waals surface area (Å²) < 4.78 is 37.9. The van der Waals surface area contributed by atoms with Crippen LogP contribution in [0.15, 0.2) is 42.6 Å². The second-order valence-corrected chi connectivity index (χ2v) is 5.37. The van der Waals surface area contributed by atoms with Crippen molar-refractivity contribution in [1.29, 1.82) is 0 Å². The Hall–Kier alpha value is -1.88. The molecular weight excluding hydrogens is 277 g/mol. The van der Waals surface area contributed by atoms with Crippen LogP contribution in [0, 0.1) is 0 Å². The van der Waals surface area contributed by atoms with Crippen LogP contribution in [0.4, 0.5) is 13.2 Å². The lowest BCUT2D eigenvalue weighted by Gasteiger charge is -2.30. The first-order chi connectivity index (χ1) is 9.95. The highest BCUT2D eigenvalue weighted by Crippen LogP contribution is 2.32. The Labute approximate surface area is 121 Å². The molecule has 2 atom stereocenters. The average Bonchev–Trinajstić information content (AvgIpc) is 2.45. The van der Waals surface area contributed by atoms with E-state index in [1.54, 1.807) is 6.20 Å². The molecule has 2 unspecified atom stereocenters. The van der Waals surface area contributed by atoms with Crippen LogP contribution in [-0.2, 0) is 12.6 Å². The van der Waals surface area contributed by atoms with Crippen molar-refractivity contribution >= 4 is 0 Å². The number of alkyl halides is 3. The topological polar surface area (TPSA) is 24.9 Å². The first kappa shape index (κ1) is 14.1. The number of hydrogen-bond donors (Lipinski definition) is 1. The first-order valence-corrected chi connectivity index (χ1v) is 6.82. The summed E-state index contributed by atoms with van der Waals surface area (Å²) in [6.07, 6.45) is -1.71. The van der Waals surface area contributed by atoms with Gasteiger partial charge in [-0.15, -0.1) is 0 Å². The summed E-state index contributed by atoms with van der Waals surface area (Å²) in [5.74, 6) is 0. The first-order valence-electron chi connectivity index (χ1n) is 6.82. The van der Waals surface area contributed by atoms with Gasteiger partial charge in [0.25, 0.3) is 0 Å². The highest BCUT2D eigenvalue weighted by molar-refractivity contribution is 5.37. The van der Waals surface area contributed by atoms with Crippen molar-refractivity contribution in [2.24, 2.45) is 0 Å². The summed E-state index contributed by atoms with van der Waals surface area (Å²) in [5.41, 5.74) is 2.22. The Kier molecular flexibility index (Phi) is 3.45. The molecule has 0 saturated heterocycles. The summed E-state index contributed by atoms with van der Waals surface area (Å²) >= 11 is 0.